The molecule has 144 valence electrons. The van der Waals surface area contributed by atoms with Crippen molar-refractivity contribution in [3.8, 4) is 0 Å². The number of carbonyl (C=O) groups is 3. The van der Waals surface area contributed by atoms with Crippen LogP contribution in [0.3, 0.4) is 0 Å². The molecule has 4 amide bonds. The van der Waals surface area contributed by atoms with Crippen LogP contribution in [0.5, 0.6) is 0 Å². The highest BCUT2D eigenvalue weighted by atomic mass is 16.2. The number of urea groups is 1. The molecule has 1 N–H and O–H groups in total. The van der Waals surface area contributed by atoms with Crippen molar-refractivity contribution < 1.29 is 14.4 Å². The van der Waals surface area contributed by atoms with E-state index in [0.29, 0.717) is 25.9 Å². The highest BCUT2D eigenvalue weighted by molar-refractivity contribution is 6.04. The van der Waals surface area contributed by atoms with Crippen LogP contribution >= 0.6 is 0 Å². The average molecular weight is 378 g/mol. The van der Waals surface area contributed by atoms with Gasteiger partial charge >= 0.3 is 6.03 Å². The van der Waals surface area contributed by atoms with Gasteiger partial charge in [-0.3, -0.25) is 19.5 Å². The number of pyridine rings is 1. The monoisotopic (exact) mass is 378 g/mol. The molecule has 0 bridgehead atoms. The van der Waals surface area contributed by atoms with Gasteiger partial charge in [-0.15, -0.1) is 0 Å². The Morgan fingerprint density at radius 1 is 1.14 bits per heavy atom. The molecule has 1 saturated heterocycles. The summed E-state index contributed by atoms with van der Waals surface area (Å²) in [5.74, 6) is -0.261. The summed E-state index contributed by atoms with van der Waals surface area (Å²) in [7, 11) is 0. The van der Waals surface area contributed by atoms with E-state index in [4.69, 9.17) is 0 Å². The molecule has 28 heavy (non-hydrogen) atoms. The molecule has 2 aliphatic heterocycles. The smallest absolute Gasteiger partial charge is 0.327 e. The van der Waals surface area contributed by atoms with Gasteiger partial charge in [0, 0.05) is 44.9 Å². The summed E-state index contributed by atoms with van der Waals surface area (Å²) in [5, 5.41) is 2.83. The van der Waals surface area contributed by atoms with E-state index in [9.17, 15) is 14.4 Å². The second kappa shape index (κ2) is 7.80. The topological polar surface area (TPSA) is 82.6 Å². The molecule has 0 aliphatic carbocycles. The normalized spacial score (nSPS) is 18.1. The van der Waals surface area contributed by atoms with Crippen molar-refractivity contribution in [1.29, 1.82) is 0 Å². The number of carbonyl (C=O) groups excluding carboxylic acids is 3. The van der Waals surface area contributed by atoms with Crippen molar-refractivity contribution >= 4 is 17.8 Å². The molecule has 3 heterocycles. The van der Waals surface area contributed by atoms with Gasteiger partial charge in [-0.2, -0.15) is 0 Å². The van der Waals surface area contributed by atoms with Crippen molar-refractivity contribution in [2.45, 2.75) is 38.4 Å². The summed E-state index contributed by atoms with van der Waals surface area (Å²) in [6.45, 7) is 1.15. The van der Waals surface area contributed by atoms with Crippen LogP contribution in [0, 0.1) is 0 Å². The van der Waals surface area contributed by atoms with E-state index in [1.165, 1.54) is 4.90 Å². The standard InChI is InChI=1S/C21H22N4O3/c26-19(23-13-15-5-3-9-22-12-15)8-4-10-24-20(27)18-11-16-6-1-2-7-17(16)14-25(18)21(24)28/h1-3,5-7,9,12,18H,4,8,10-11,13-14H2,(H,23,26). The number of nitrogens with zero attached hydrogens (tertiary/aromatic N) is 3. The van der Waals surface area contributed by atoms with E-state index >= 15 is 0 Å². The second-order valence-electron chi connectivity index (χ2n) is 7.13. The lowest BCUT2D eigenvalue weighted by Gasteiger charge is -2.28. The molecule has 7 nitrogen and oxygen atoms in total. The fourth-order valence-electron chi connectivity index (χ4n) is 3.77. The summed E-state index contributed by atoms with van der Waals surface area (Å²) < 4.78 is 0. The summed E-state index contributed by atoms with van der Waals surface area (Å²) in [4.78, 5) is 44.3. The van der Waals surface area contributed by atoms with Crippen molar-refractivity contribution in [3.63, 3.8) is 0 Å². The molecule has 4 rings (SSSR count). The van der Waals surface area contributed by atoms with Gasteiger partial charge in [0.25, 0.3) is 5.91 Å². The van der Waals surface area contributed by atoms with Crippen LogP contribution in [0.25, 0.3) is 0 Å². The Kier molecular flexibility index (Phi) is 5.06. The van der Waals surface area contributed by atoms with Gasteiger partial charge < -0.3 is 10.2 Å². The van der Waals surface area contributed by atoms with Crippen LogP contribution in [-0.2, 0) is 29.1 Å². The molecule has 1 fully saturated rings. The largest absolute Gasteiger partial charge is 0.352 e. The van der Waals surface area contributed by atoms with Crippen LogP contribution in [0.1, 0.15) is 29.5 Å². The number of amides is 4. The number of aromatic nitrogens is 1. The van der Waals surface area contributed by atoms with E-state index in [1.807, 2.05) is 36.4 Å². The number of hydrogen-bond acceptors (Lipinski definition) is 4. The first-order valence-electron chi connectivity index (χ1n) is 9.48. The van der Waals surface area contributed by atoms with Crippen molar-refractivity contribution in [1.82, 2.24) is 20.1 Å². The third-order valence-corrected chi connectivity index (χ3v) is 5.27. The van der Waals surface area contributed by atoms with Gasteiger partial charge in [-0.1, -0.05) is 30.3 Å². The quantitative estimate of drug-likeness (QED) is 0.778. The van der Waals surface area contributed by atoms with E-state index in [1.54, 1.807) is 17.3 Å². The first-order valence-corrected chi connectivity index (χ1v) is 9.48. The predicted molar refractivity (Wildman–Crippen MR) is 102 cm³/mol. The molecule has 0 saturated carbocycles. The van der Waals surface area contributed by atoms with Crippen LogP contribution < -0.4 is 5.32 Å². The molecule has 1 unspecified atom stereocenters. The molecule has 1 atom stereocenters. The van der Waals surface area contributed by atoms with Crippen LogP contribution in [0.4, 0.5) is 4.79 Å². The maximum atomic E-state index is 12.7. The van der Waals surface area contributed by atoms with E-state index in [2.05, 4.69) is 10.3 Å². The molecule has 2 aromatic rings. The molecule has 2 aliphatic rings. The van der Waals surface area contributed by atoms with E-state index in [-0.39, 0.29) is 30.8 Å². The van der Waals surface area contributed by atoms with Gasteiger partial charge in [0.2, 0.25) is 5.91 Å². The molecular weight excluding hydrogens is 356 g/mol. The van der Waals surface area contributed by atoms with Gasteiger partial charge in [-0.25, -0.2) is 4.79 Å². The van der Waals surface area contributed by atoms with Crippen molar-refractivity contribution in [2.24, 2.45) is 0 Å². The third-order valence-electron chi connectivity index (χ3n) is 5.27. The fraction of sp³-hybridized carbons (Fsp3) is 0.333. The highest BCUT2D eigenvalue weighted by Gasteiger charge is 2.46. The van der Waals surface area contributed by atoms with Gasteiger partial charge in [0.15, 0.2) is 0 Å². The Labute approximate surface area is 163 Å². The number of rotatable bonds is 6. The molecule has 1 aromatic heterocycles. The van der Waals surface area contributed by atoms with E-state index in [0.717, 1.165) is 16.7 Å². The lowest BCUT2D eigenvalue weighted by Crippen LogP contribution is -2.39. The van der Waals surface area contributed by atoms with Crippen LogP contribution in [0.2, 0.25) is 0 Å². The van der Waals surface area contributed by atoms with Crippen molar-refractivity contribution in [2.75, 3.05) is 6.54 Å². The summed E-state index contributed by atoms with van der Waals surface area (Å²) in [6.07, 6.45) is 4.66. The summed E-state index contributed by atoms with van der Waals surface area (Å²) >= 11 is 0. The average Bonchev–Trinajstić information content (AvgIpc) is 2.96. The molecule has 0 radical (unpaired) electrons. The Morgan fingerprint density at radius 3 is 2.75 bits per heavy atom. The second-order valence-corrected chi connectivity index (χ2v) is 7.13. The zero-order valence-electron chi connectivity index (χ0n) is 15.5. The summed E-state index contributed by atoms with van der Waals surface area (Å²) in [5.41, 5.74) is 3.15. The van der Waals surface area contributed by atoms with Gasteiger partial charge in [0.05, 0.1) is 0 Å². The minimum atomic E-state index is -0.415. The molecule has 7 heteroatoms. The minimum Gasteiger partial charge on any atom is -0.352 e. The molecule has 1 aromatic carbocycles. The number of hydrogen-bond donors (Lipinski definition) is 1. The lowest BCUT2D eigenvalue weighted by molar-refractivity contribution is -0.129. The van der Waals surface area contributed by atoms with Gasteiger partial charge in [-0.05, 0) is 29.2 Å². The Hall–Kier alpha value is -3.22. The Bertz CT molecular complexity index is 857. The SMILES string of the molecule is O=C(CCCN1C(=O)C2Cc3ccccc3CN2C1=O)NCc1cccnc1. The number of imide groups is 1. The molecule has 0 spiro atoms. The first-order chi connectivity index (χ1) is 13.6. The third kappa shape index (κ3) is 3.60. The Morgan fingerprint density at radius 2 is 1.96 bits per heavy atom. The van der Waals surface area contributed by atoms with Crippen molar-refractivity contribution in [3.05, 3.63) is 65.5 Å². The maximum absolute atomic E-state index is 12.7. The zero-order chi connectivity index (χ0) is 19.5. The number of benzene rings is 1. The predicted octanol–water partition coefficient (Wildman–Crippen LogP) is 1.87. The van der Waals surface area contributed by atoms with E-state index < -0.39 is 6.04 Å². The maximum Gasteiger partial charge on any atom is 0.327 e. The summed E-state index contributed by atoms with van der Waals surface area (Å²) in [6, 6.07) is 11.0. The number of nitrogens with one attached hydrogen (secondary N) is 1. The fourth-order valence-corrected chi connectivity index (χ4v) is 3.77. The van der Waals surface area contributed by atoms with Crippen LogP contribution in [-0.4, -0.2) is 45.2 Å². The highest BCUT2D eigenvalue weighted by Crippen LogP contribution is 2.30. The molecular formula is C21H22N4O3. The van der Waals surface area contributed by atoms with Gasteiger partial charge in [0.1, 0.15) is 6.04 Å². The lowest BCUT2D eigenvalue weighted by atomic mass is 9.95. The Balaban J connectivity index is 1.28. The number of fused-ring (bicyclic) bond motifs is 2. The minimum absolute atomic E-state index is 0.104. The van der Waals surface area contributed by atoms with Crippen LogP contribution in [0.15, 0.2) is 48.8 Å². The first kappa shape index (κ1) is 18.2. The zero-order valence-corrected chi connectivity index (χ0v) is 15.5.